The second kappa shape index (κ2) is 56.4. The number of nitrogens with one attached hydrogen (secondary N) is 1. The number of carbonyl (C=O) groups excluding carboxylic acids is 5. The monoisotopic (exact) mass is 2100 g/mol. The van der Waals surface area contributed by atoms with Gasteiger partial charge < -0.3 is 59.9 Å². The van der Waals surface area contributed by atoms with Gasteiger partial charge in [-0.05, 0) is 323 Å². The second-order valence-electron chi connectivity index (χ2n) is 38.9. The third kappa shape index (κ3) is 38.6. The number of esters is 3. The summed E-state index contributed by atoms with van der Waals surface area (Å²) in [6, 6.07) is 58.5. The molecule has 0 unspecified atom stereocenters. The van der Waals surface area contributed by atoms with Crippen LogP contribution in [0.4, 0.5) is 39.8 Å². The zero-order chi connectivity index (χ0) is 104. The molecule has 4 aromatic carbocycles. The number of aliphatic carboxylic acids is 1. The smallest absolute Gasteiger partial charge is 0.870 e. The predicted octanol–water partition coefficient (Wildman–Crippen LogP) is 25.9. The number of aromatic nitrogens is 4. The van der Waals surface area contributed by atoms with Gasteiger partial charge in [-0.1, -0.05) is 108 Å². The number of amides is 2. The number of benzene rings is 4. The van der Waals surface area contributed by atoms with Crippen LogP contribution >= 0.6 is 61.3 Å². The van der Waals surface area contributed by atoms with Gasteiger partial charge >= 0.3 is 48.7 Å². The van der Waals surface area contributed by atoms with Gasteiger partial charge in [0.25, 0.3) is 0 Å². The molecule has 760 valence electrons. The molecule has 3 aliphatic carbocycles. The van der Waals surface area contributed by atoms with Crippen molar-refractivity contribution < 1.29 is 101 Å². The van der Waals surface area contributed by atoms with Crippen LogP contribution in [0, 0.1) is 105 Å². The van der Waals surface area contributed by atoms with E-state index in [1.807, 2.05) is 210 Å². The molecule has 0 saturated heterocycles. The van der Waals surface area contributed by atoms with Crippen LogP contribution in [0.1, 0.15) is 239 Å². The van der Waals surface area contributed by atoms with Crippen LogP contribution < -0.4 is 58.7 Å². The Bertz CT molecular complexity index is 6550. The first-order valence-electron chi connectivity index (χ1n) is 47.5. The minimum Gasteiger partial charge on any atom is -0.870 e. The Morgan fingerprint density at radius 2 is 0.671 bits per heavy atom. The average molecular weight is 2110 g/mol. The van der Waals surface area contributed by atoms with E-state index in [-0.39, 0.29) is 80.4 Å². The van der Waals surface area contributed by atoms with Crippen LogP contribution in [0.2, 0.25) is 0 Å². The standard InChI is InChI=1S/C31H34N2O4S.C30H32N2O4S.C23H22N2O3S.C12H15NO2S.C11H8BrNO.C8H14O2.Li.H2O/c1-21-9-11-22(12-10-21)29(34)33(23-13-15-24(16-14-23)37-27-8-6-7-19-32-27)26-20-25(17-18-31(2,3)4)38-28(26)30(35)36-5;1-20-8-10-21(11-9-20)28(33)32(22-12-14-23(15-13-22)36-26-7-5-6-18-31-26)25-19-24(16-17-30(2,3)4)37-27(25)29(34)35;1-23(2,3)13-12-18-15-19(21(29-18)22(26)27-4)25-16-8-10-17(11-9-16)28-20-7-5-6-14-24-20;1-12(2,3)6-5-8-7-9(13)10(16-8)11(14)15-4;12-9-4-6-10(7-5-9)14-11-3-1-2-8-13-11;1-6-2-4-7(5-3-6)8(9)10;;/h6-8,13-16,19-22H,9-12H2,1-5H3;5-7,12-15,18-21H,8-11H2,1-4H3,(H,34,35);5-11,14-15,25H,1-4H3;7H,13H2,1-4H3;1-8H;6-7H,2-5H2,1H3,(H,9,10);;1H2/q;;;;;;+1;/p-1. The second-order valence-corrected chi connectivity index (χ2v) is 44.0. The number of aromatic carboxylic acids is 1. The van der Waals surface area contributed by atoms with Crippen molar-refractivity contribution in [3.05, 3.63) is 262 Å². The molecule has 3 aliphatic rings. The quantitative estimate of drug-likeness (QED) is 0.0225. The maximum absolute atomic E-state index is 14.1. The van der Waals surface area contributed by atoms with E-state index in [1.54, 1.807) is 101 Å². The summed E-state index contributed by atoms with van der Waals surface area (Å²) >= 11 is 8.28. The van der Waals surface area contributed by atoms with E-state index in [4.69, 9.17) is 39.3 Å². The zero-order valence-corrected chi connectivity index (χ0v) is 90.9. The van der Waals surface area contributed by atoms with Crippen LogP contribution in [0.3, 0.4) is 0 Å². The fraction of sp³-hybridized carbons (Fsp3) is 0.348. The normalized spacial score (nSPS) is 15.4. The van der Waals surface area contributed by atoms with Crippen molar-refractivity contribution in [3.63, 3.8) is 0 Å². The molecule has 2 amide bonds. The predicted molar refractivity (Wildman–Crippen MR) is 579 cm³/mol. The molecule has 0 radical (unpaired) electrons. The first-order chi connectivity index (χ1) is 68.5. The zero-order valence-electron chi connectivity index (χ0n) is 86.1. The fourth-order valence-corrected chi connectivity index (χ4v) is 18.2. The Hall–Kier alpha value is -13.4. The molecule has 15 rings (SSSR count). The molecule has 25 nitrogen and oxygen atoms in total. The van der Waals surface area contributed by atoms with Crippen LogP contribution in [-0.2, 0) is 28.6 Å². The van der Waals surface area contributed by atoms with Gasteiger partial charge in [0.05, 0.1) is 69.5 Å². The largest absolute Gasteiger partial charge is 1.00 e. The minimum atomic E-state index is -1.08. The number of carboxylic acid groups (broad SMARTS) is 2. The van der Waals surface area contributed by atoms with Crippen molar-refractivity contribution >= 4 is 143 Å². The van der Waals surface area contributed by atoms with Gasteiger partial charge in [-0.25, -0.2) is 39.1 Å². The molecule has 8 heterocycles. The van der Waals surface area contributed by atoms with Gasteiger partial charge in [-0.15, -0.1) is 45.3 Å². The maximum atomic E-state index is 14.1. The van der Waals surface area contributed by atoms with Gasteiger partial charge in [0.1, 0.15) is 42.5 Å². The van der Waals surface area contributed by atoms with Gasteiger partial charge in [0, 0.05) is 104 Å². The first kappa shape index (κ1) is 118. The first-order valence-corrected chi connectivity index (χ1v) is 51.5. The van der Waals surface area contributed by atoms with Gasteiger partial charge in [0.2, 0.25) is 35.3 Å². The van der Waals surface area contributed by atoms with Gasteiger partial charge in [-0.3, -0.25) is 24.2 Å². The number of hydrogen-bond donors (Lipinski definition) is 4. The molecular formula is C115H126BrLiN8O17S4. The number of hydrogen-bond acceptors (Lipinski definition) is 25. The van der Waals surface area contributed by atoms with Gasteiger partial charge in [-0.2, -0.15) is 0 Å². The summed E-state index contributed by atoms with van der Waals surface area (Å²) in [4.78, 5) is 111. The summed E-state index contributed by atoms with van der Waals surface area (Å²) < 4.78 is 38.5. The maximum Gasteiger partial charge on any atom is 1.00 e. The summed E-state index contributed by atoms with van der Waals surface area (Å²) in [5.41, 5.74) is 9.10. The van der Waals surface area contributed by atoms with Crippen LogP contribution in [0.15, 0.2) is 223 Å². The summed E-state index contributed by atoms with van der Waals surface area (Å²) in [6.07, 6.45) is 17.9. The van der Waals surface area contributed by atoms with E-state index in [0.717, 1.165) is 120 Å². The molecule has 0 spiro atoms. The summed E-state index contributed by atoms with van der Waals surface area (Å²) in [6.45, 7) is 30.9. The SMILES string of the molecule is Brc1ccc(Oc2ccccn2)cc1.CC1CCC(C(=O)N(c2ccc(Oc3ccccn3)cc2)c2cc(C#CC(C)(C)C)sc2C(=O)O)CC1.CC1CCC(C(=O)O)CC1.COC(=O)c1sc(C#CC(C)(C)C)cc1N.COC(=O)c1sc(C#CC(C)(C)C)cc1N(C(=O)C1CCC(C)CC1)c1ccc(Oc2ccccn2)cc1.COC(=O)c1sc(C#CC(C)(C)C)cc1Nc1ccc(Oc2ccccn2)cc1.[Li+].[OH-]. The number of carboxylic acids is 2. The van der Waals surface area contributed by atoms with Crippen molar-refractivity contribution in [2.24, 2.45) is 57.2 Å². The fourth-order valence-electron chi connectivity index (χ4n) is 14.5. The molecule has 0 bridgehead atoms. The molecule has 0 atom stereocenters. The average Bonchev–Trinajstić information content (AvgIpc) is 1.67. The van der Waals surface area contributed by atoms with Crippen molar-refractivity contribution in [3.8, 4) is 93.9 Å². The van der Waals surface area contributed by atoms with Crippen LogP contribution in [0.25, 0.3) is 0 Å². The summed E-state index contributed by atoms with van der Waals surface area (Å²) in [5, 5.41) is 21.9. The van der Waals surface area contributed by atoms with Crippen molar-refractivity contribution in [2.45, 2.75) is 181 Å². The number of nitrogens with zero attached hydrogens (tertiary/aromatic N) is 6. The van der Waals surface area contributed by atoms with E-state index in [1.165, 1.54) is 55.3 Å². The van der Waals surface area contributed by atoms with E-state index in [9.17, 15) is 38.7 Å². The number of halogens is 1. The van der Waals surface area contributed by atoms with Gasteiger partial charge in [0.15, 0.2) is 0 Å². The number of rotatable bonds is 21. The van der Waals surface area contributed by atoms with Crippen molar-refractivity contribution in [2.75, 3.05) is 42.2 Å². The molecule has 8 aromatic heterocycles. The molecular weight excluding hydrogens is 1980 g/mol. The Morgan fingerprint density at radius 3 is 0.993 bits per heavy atom. The number of carbonyl (C=O) groups is 7. The Balaban J connectivity index is 0.000000225. The Kier molecular flexibility index (Phi) is 45.5. The third-order valence-corrected chi connectivity index (χ3v) is 26.7. The van der Waals surface area contributed by atoms with E-state index >= 15 is 0 Å². The number of pyridine rings is 4. The Morgan fingerprint density at radius 1 is 0.384 bits per heavy atom. The Labute approximate surface area is 893 Å². The number of ether oxygens (including phenoxy) is 7. The number of anilines is 7. The molecule has 0 aliphatic heterocycles. The third-order valence-electron chi connectivity index (χ3n) is 22.1. The summed E-state index contributed by atoms with van der Waals surface area (Å²) in [7, 11) is 4.06. The molecule has 146 heavy (non-hydrogen) atoms. The number of nitrogen functional groups attached to an aromatic ring is 1. The van der Waals surface area contributed by atoms with Crippen LogP contribution in [0.5, 0.6) is 46.5 Å². The topological polar surface area (TPSA) is 351 Å². The molecule has 31 heteroatoms. The van der Waals surface area contributed by atoms with E-state index in [2.05, 4.69) is 114 Å². The summed E-state index contributed by atoms with van der Waals surface area (Å²) in [5.74, 6) is 28.4. The minimum absolute atomic E-state index is 0. The van der Waals surface area contributed by atoms with Crippen molar-refractivity contribution in [1.29, 1.82) is 0 Å². The van der Waals surface area contributed by atoms with Crippen molar-refractivity contribution in [1.82, 2.24) is 19.9 Å². The number of methoxy groups -OCH3 is 3. The molecule has 6 N–H and O–H groups in total. The van der Waals surface area contributed by atoms with E-state index in [0.29, 0.717) is 111 Å². The van der Waals surface area contributed by atoms with Crippen LogP contribution in [-0.4, -0.2) is 98.6 Å². The molecule has 3 saturated carbocycles. The molecule has 12 aromatic rings. The number of nitrogens with two attached hydrogens (primary N) is 1. The van der Waals surface area contributed by atoms with E-state index < -0.39 is 29.8 Å². The number of thiophene rings is 4. The molecule has 3 fully saturated rings.